The maximum atomic E-state index is 3.29. The summed E-state index contributed by atoms with van der Waals surface area (Å²) in [7, 11) is 6.58. The van der Waals surface area contributed by atoms with Gasteiger partial charge >= 0.3 is 0 Å². The Morgan fingerprint density at radius 2 is 0.614 bits per heavy atom. The Bertz CT molecular complexity index is 1720. The molecular weight excluding hydrogens is 566 g/mol. The van der Waals surface area contributed by atoms with E-state index >= 15 is 0 Å². The van der Waals surface area contributed by atoms with E-state index < -0.39 is 10.3 Å². The monoisotopic (exact) mass is 606 g/mol. The van der Waals surface area contributed by atoms with Crippen molar-refractivity contribution in [2.24, 2.45) is 0 Å². The fraction of sp³-hybridized carbons (Fsp3) is 0.143. The summed E-state index contributed by atoms with van der Waals surface area (Å²) in [5.74, 6) is 0. The molecule has 0 aliphatic rings. The number of hydrogen-bond donors (Lipinski definition) is 0. The van der Waals surface area contributed by atoms with Crippen LogP contribution in [0.3, 0.4) is 0 Å². The van der Waals surface area contributed by atoms with E-state index in [0.29, 0.717) is 0 Å². The van der Waals surface area contributed by atoms with Crippen LogP contribution in [0.15, 0.2) is 146 Å². The fourth-order valence-corrected chi connectivity index (χ4v) is 7.86. The molecule has 2 heteroatoms. The largest absolute Gasteiger partial charge is 0.117 e. The van der Waals surface area contributed by atoms with Crippen LogP contribution in [0.5, 0.6) is 0 Å². The highest BCUT2D eigenvalue weighted by molar-refractivity contribution is 7.19. The smallest absolute Gasteiger partial charge is 0.0597 e. The molecule has 0 spiro atoms. The second-order valence-corrected chi connectivity index (χ2v) is 13.9. The van der Waals surface area contributed by atoms with E-state index in [2.05, 4.69) is 192 Å². The number of hydrogen-bond acceptors (Lipinski definition) is 0. The van der Waals surface area contributed by atoms with Crippen LogP contribution in [-0.2, 0) is 10.3 Å². The van der Waals surface area contributed by atoms with Gasteiger partial charge in [-0.05, 0) is 72.2 Å². The van der Waals surface area contributed by atoms with E-state index in [4.69, 9.17) is 0 Å². The first-order chi connectivity index (χ1) is 21.2. The molecule has 0 nitrogen and oxygen atoms in total. The normalized spacial score (nSPS) is 11.9. The Balaban J connectivity index is 1.67. The lowest BCUT2D eigenvalue weighted by molar-refractivity contribution is 0.882. The minimum absolute atomic E-state index is 0.460. The molecule has 0 saturated heterocycles. The van der Waals surface area contributed by atoms with Gasteiger partial charge in [0.15, 0.2) is 0 Å². The van der Waals surface area contributed by atoms with E-state index in [-0.39, 0.29) is 0 Å². The molecule has 0 radical (unpaired) electrons. The number of rotatable bonds is 7. The lowest BCUT2D eigenvalue weighted by Gasteiger charge is -2.37. The lowest BCUT2D eigenvalue weighted by Crippen LogP contribution is -2.25. The molecule has 2 atom stereocenters. The van der Waals surface area contributed by atoms with Gasteiger partial charge in [0.05, 0.1) is 10.3 Å². The molecule has 0 saturated carbocycles. The molecule has 218 valence electrons. The summed E-state index contributed by atoms with van der Waals surface area (Å²) in [6.45, 7) is 8.72. The van der Waals surface area contributed by atoms with E-state index in [1.807, 2.05) is 0 Å². The third-order valence-electron chi connectivity index (χ3n) is 8.89. The third-order valence-corrected chi connectivity index (χ3v) is 10.8. The highest BCUT2D eigenvalue weighted by atomic mass is 31.0. The van der Waals surface area contributed by atoms with E-state index in [0.717, 1.165) is 0 Å². The van der Waals surface area contributed by atoms with Gasteiger partial charge in [-0.1, -0.05) is 168 Å². The molecule has 6 aromatic carbocycles. The lowest BCUT2D eigenvalue weighted by atomic mass is 9.76. The molecule has 0 amide bonds. The van der Waals surface area contributed by atoms with Gasteiger partial charge in [0, 0.05) is 0 Å². The van der Waals surface area contributed by atoms with Crippen LogP contribution < -0.4 is 0 Å². The molecule has 2 unspecified atom stereocenters. The first kappa shape index (κ1) is 30.2. The van der Waals surface area contributed by atoms with Gasteiger partial charge in [-0.2, -0.15) is 0 Å². The van der Waals surface area contributed by atoms with E-state index in [1.165, 1.54) is 66.8 Å². The Labute approximate surface area is 268 Å². The Morgan fingerprint density at radius 1 is 0.341 bits per heavy atom. The topological polar surface area (TPSA) is 0 Å². The second kappa shape index (κ2) is 12.3. The number of benzene rings is 6. The van der Waals surface area contributed by atoms with Crippen LogP contribution >= 0.6 is 18.5 Å². The van der Waals surface area contributed by atoms with Crippen LogP contribution in [0, 0.1) is 27.7 Å². The summed E-state index contributed by atoms with van der Waals surface area (Å²) in [5.41, 5.74) is 15.0. The van der Waals surface area contributed by atoms with Crippen molar-refractivity contribution in [3.05, 3.63) is 201 Å². The van der Waals surface area contributed by atoms with Crippen molar-refractivity contribution < 1.29 is 0 Å². The van der Waals surface area contributed by atoms with Gasteiger partial charge < -0.3 is 0 Å². The predicted octanol–water partition coefficient (Wildman–Crippen LogP) is 10.9. The van der Waals surface area contributed by atoms with E-state index in [9.17, 15) is 0 Å². The molecule has 0 aromatic heterocycles. The summed E-state index contributed by atoms with van der Waals surface area (Å²) in [5, 5.41) is -0.921. The third kappa shape index (κ3) is 5.48. The van der Waals surface area contributed by atoms with Crippen LogP contribution in [0.4, 0.5) is 0 Å². The summed E-state index contributed by atoms with van der Waals surface area (Å²) < 4.78 is 0. The van der Waals surface area contributed by atoms with Crippen molar-refractivity contribution in [1.82, 2.24) is 0 Å². The zero-order valence-electron chi connectivity index (χ0n) is 26.0. The highest BCUT2D eigenvalue weighted by Crippen LogP contribution is 2.53. The van der Waals surface area contributed by atoms with Gasteiger partial charge in [0.1, 0.15) is 0 Å². The predicted molar refractivity (Wildman–Crippen MR) is 196 cm³/mol. The summed E-state index contributed by atoms with van der Waals surface area (Å²) in [4.78, 5) is 0. The van der Waals surface area contributed by atoms with Crippen molar-refractivity contribution >= 4 is 18.5 Å². The summed E-state index contributed by atoms with van der Waals surface area (Å²) in [6, 6.07) is 53.8. The molecule has 0 aliphatic carbocycles. The fourth-order valence-electron chi connectivity index (χ4n) is 6.64. The van der Waals surface area contributed by atoms with Gasteiger partial charge in [-0.25, -0.2) is 0 Å². The molecule has 0 N–H and O–H groups in total. The molecule has 6 rings (SSSR count). The van der Waals surface area contributed by atoms with Crippen molar-refractivity contribution in [1.29, 1.82) is 0 Å². The summed E-state index contributed by atoms with van der Waals surface area (Å²) in [6.07, 6.45) is 0. The Kier molecular flexibility index (Phi) is 8.44. The Morgan fingerprint density at radius 3 is 0.886 bits per heavy atom. The van der Waals surface area contributed by atoms with E-state index in [1.54, 1.807) is 0 Å². The van der Waals surface area contributed by atoms with Gasteiger partial charge in [-0.15, -0.1) is 18.5 Å². The van der Waals surface area contributed by atoms with Crippen molar-refractivity contribution in [2.45, 2.75) is 38.0 Å². The molecule has 0 bridgehead atoms. The summed E-state index contributed by atoms with van der Waals surface area (Å²) >= 11 is 0. The number of aryl methyl sites for hydroxylation is 4. The second-order valence-electron chi connectivity index (χ2n) is 12.2. The minimum atomic E-state index is -0.460. The van der Waals surface area contributed by atoms with Gasteiger partial charge in [0.2, 0.25) is 0 Å². The van der Waals surface area contributed by atoms with Crippen LogP contribution in [0.2, 0.25) is 0 Å². The average molecular weight is 607 g/mol. The maximum Gasteiger partial charge on any atom is 0.0597 e. The molecule has 6 aromatic rings. The van der Waals surface area contributed by atoms with Gasteiger partial charge in [0.25, 0.3) is 0 Å². The quantitative estimate of drug-likeness (QED) is 0.125. The Hall–Kier alpha value is -3.82. The van der Waals surface area contributed by atoms with Crippen molar-refractivity contribution in [3.8, 4) is 11.1 Å². The zero-order chi connectivity index (χ0) is 30.9. The standard InChI is InChI=1S/C42H40P2/c1-29-13-9-17-33(25-29)41(43,34-18-10-14-30(2)26-34)39-23-7-5-21-37(39)38-22-6-8-24-40(38)42(44,35-19-11-15-31(3)27-35)36-20-12-16-32(4)28-36/h5-28H,43-44H2,1-4H3. The maximum absolute atomic E-state index is 3.29. The van der Waals surface area contributed by atoms with Crippen molar-refractivity contribution in [2.75, 3.05) is 0 Å². The SMILES string of the molecule is Cc1cccc(C(P)(c2cccc(C)c2)c2ccccc2-c2ccccc2C(P)(c2cccc(C)c2)c2cccc(C)c2)c1. The van der Waals surface area contributed by atoms with Crippen molar-refractivity contribution in [3.63, 3.8) is 0 Å². The molecule has 0 heterocycles. The highest BCUT2D eigenvalue weighted by Gasteiger charge is 2.37. The molecule has 0 aliphatic heterocycles. The van der Waals surface area contributed by atoms with Crippen LogP contribution in [-0.4, -0.2) is 0 Å². The first-order valence-electron chi connectivity index (χ1n) is 15.3. The first-order valence-corrected chi connectivity index (χ1v) is 16.4. The van der Waals surface area contributed by atoms with Crippen LogP contribution in [0.25, 0.3) is 11.1 Å². The molecular formula is C42H40P2. The minimum Gasteiger partial charge on any atom is -0.117 e. The average Bonchev–Trinajstić information content (AvgIpc) is 3.04. The van der Waals surface area contributed by atoms with Gasteiger partial charge in [-0.3, -0.25) is 0 Å². The molecule has 44 heavy (non-hydrogen) atoms. The van der Waals surface area contributed by atoms with Crippen LogP contribution in [0.1, 0.15) is 55.6 Å². The molecule has 0 fully saturated rings. The zero-order valence-corrected chi connectivity index (χ0v) is 28.3.